The number of methoxy groups -OCH3 is 1. The molecule has 1 aromatic heterocycles. The maximum absolute atomic E-state index is 12.9. The lowest BCUT2D eigenvalue weighted by atomic mass is 10.0. The molecule has 0 aliphatic heterocycles. The fourth-order valence-corrected chi connectivity index (χ4v) is 4.20. The highest BCUT2D eigenvalue weighted by molar-refractivity contribution is 7.99. The summed E-state index contributed by atoms with van der Waals surface area (Å²) in [6.45, 7) is 6.79. The minimum atomic E-state index is -0.176. The molecule has 1 atom stereocenters. The molecule has 6 nitrogen and oxygen atoms in total. The van der Waals surface area contributed by atoms with Crippen molar-refractivity contribution in [3.63, 3.8) is 0 Å². The van der Waals surface area contributed by atoms with Crippen molar-refractivity contribution in [1.82, 2.24) is 14.9 Å². The first-order valence-corrected chi connectivity index (χ1v) is 11.3. The average Bonchev–Trinajstić information content (AvgIpc) is 2.73. The van der Waals surface area contributed by atoms with Crippen LogP contribution in [0.25, 0.3) is 10.9 Å². The van der Waals surface area contributed by atoms with Gasteiger partial charge in [-0.1, -0.05) is 41.6 Å². The van der Waals surface area contributed by atoms with Crippen LogP contribution in [0.4, 0.5) is 0 Å². The van der Waals surface area contributed by atoms with Crippen molar-refractivity contribution < 1.29 is 9.53 Å². The van der Waals surface area contributed by atoms with Crippen molar-refractivity contribution in [2.24, 2.45) is 0 Å². The normalized spacial score (nSPS) is 12.2. The zero-order valence-electron chi connectivity index (χ0n) is 18.1. The zero-order valence-corrected chi connectivity index (χ0v) is 19.6. The summed E-state index contributed by atoms with van der Waals surface area (Å²) in [5.74, 6) is 0.00943. The third-order valence-electron chi connectivity index (χ3n) is 5.14. The van der Waals surface area contributed by atoms with Crippen molar-refractivity contribution in [2.75, 3.05) is 19.5 Å². The lowest BCUT2D eigenvalue weighted by Gasteiger charge is -2.16. The first kappa shape index (κ1) is 23.3. The molecule has 0 saturated carbocycles. The molecule has 2 aromatic carbocycles. The summed E-state index contributed by atoms with van der Waals surface area (Å²) in [6, 6.07) is 11.0. The molecule has 31 heavy (non-hydrogen) atoms. The van der Waals surface area contributed by atoms with E-state index in [2.05, 4.69) is 36.3 Å². The number of thioether (sulfide) groups is 1. The zero-order chi connectivity index (χ0) is 22.5. The van der Waals surface area contributed by atoms with Crippen LogP contribution in [0.5, 0.6) is 0 Å². The van der Waals surface area contributed by atoms with Gasteiger partial charge in [-0.3, -0.25) is 14.2 Å². The Morgan fingerprint density at radius 3 is 2.71 bits per heavy atom. The summed E-state index contributed by atoms with van der Waals surface area (Å²) in [5, 5.41) is 4.47. The standard InChI is InChI=1S/C23H26ClN3O3S/c1-14-5-6-17(11-15(14)2)16(3)25-21(28)13-31-23-26-20-12-18(24)7-8-19(20)22(29)27(23)9-10-30-4/h5-8,11-12,16H,9-10,13H2,1-4H3,(H,25,28). The van der Waals surface area contributed by atoms with E-state index in [9.17, 15) is 9.59 Å². The van der Waals surface area contributed by atoms with Crippen LogP contribution in [0.2, 0.25) is 5.02 Å². The Labute approximate surface area is 191 Å². The third-order valence-corrected chi connectivity index (χ3v) is 6.35. The van der Waals surface area contributed by atoms with E-state index in [-0.39, 0.29) is 23.3 Å². The van der Waals surface area contributed by atoms with Crippen LogP contribution in [-0.2, 0) is 16.1 Å². The smallest absolute Gasteiger partial charge is 0.262 e. The summed E-state index contributed by atoms with van der Waals surface area (Å²) < 4.78 is 6.68. The third kappa shape index (κ3) is 5.67. The topological polar surface area (TPSA) is 73.2 Å². The first-order chi connectivity index (χ1) is 14.8. The lowest BCUT2D eigenvalue weighted by Crippen LogP contribution is -2.29. The van der Waals surface area contributed by atoms with Gasteiger partial charge < -0.3 is 10.1 Å². The molecular formula is C23H26ClN3O3S. The molecule has 0 aliphatic rings. The number of halogens is 1. The summed E-state index contributed by atoms with van der Waals surface area (Å²) in [4.78, 5) is 30.1. The van der Waals surface area contributed by atoms with Crippen LogP contribution in [-0.4, -0.2) is 34.9 Å². The monoisotopic (exact) mass is 459 g/mol. The number of carbonyl (C=O) groups excluding carboxylic acids is 1. The minimum absolute atomic E-state index is 0.119. The highest BCUT2D eigenvalue weighted by Gasteiger charge is 2.15. The number of benzene rings is 2. The van der Waals surface area contributed by atoms with Gasteiger partial charge in [-0.2, -0.15) is 0 Å². The van der Waals surface area contributed by atoms with E-state index >= 15 is 0 Å². The quantitative estimate of drug-likeness (QED) is 0.402. The van der Waals surface area contributed by atoms with E-state index in [1.807, 2.05) is 13.0 Å². The van der Waals surface area contributed by atoms with E-state index in [1.165, 1.54) is 22.9 Å². The number of nitrogens with one attached hydrogen (secondary N) is 1. The van der Waals surface area contributed by atoms with Crippen LogP contribution < -0.4 is 10.9 Å². The fourth-order valence-electron chi connectivity index (χ4n) is 3.19. The van der Waals surface area contributed by atoms with Crippen molar-refractivity contribution in [3.8, 4) is 0 Å². The maximum Gasteiger partial charge on any atom is 0.262 e. The van der Waals surface area contributed by atoms with E-state index in [4.69, 9.17) is 16.3 Å². The second kappa shape index (κ2) is 10.3. The summed E-state index contributed by atoms with van der Waals surface area (Å²) in [5.41, 5.74) is 3.79. The molecule has 8 heteroatoms. The second-order valence-corrected chi connectivity index (χ2v) is 8.81. The SMILES string of the molecule is COCCn1c(SCC(=O)NC(C)c2ccc(C)c(C)c2)nc2cc(Cl)ccc2c1=O. The second-order valence-electron chi connectivity index (χ2n) is 7.43. The molecule has 0 bridgehead atoms. The van der Waals surface area contributed by atoms with Gasteiger partial charge in [-0.25, -0.2) is 4.98 Å². The molecule has 0 fully saturated rings. The number of hydrogen-bond donors (Lipinski definition) is 1. The Bertz CT molecular complexity index is 1160. The van der Waals surface area contributed by atoms with Gasteiger partial charge in [-0.05, 0) is 55.7 Å². The number of nitrogens with zero attached hydrogens (tertiary/aromatic N) is 2. The van der Waals surface area contributed by atoms with Gasteiger partial charge in [0.15, 0.2) is 5.16 Å². The van der Waals surface area contributed by atoms with Gasteiger partial charge in [0, 0.05) is 12.1 Å². The molecule has 1 N–H and O–H groups in total. The molecule has 1 amide bonds. The van der Waals surface area contributed by atoms with Crippen LogP contribution in [0.1, 0.15) is 29.7 Å². The predicted octanol–water partition coefficient (Wildman–Crippen LogP) is 4.28. The molecule has 0 spiro atoms. The number of hydrogen-bond acceptors (Lipinski definition) is 5. The lowest BCUT2D eigenvalue weighted by molar-refractivity contribution is -0.119. The number of aryl methyl sites for hydroxylation is 2. The average molecular weight is 460 g/mol. The molecule has 3 aromatic rings. The van der Waals surface area contributed by atoms with Crippen LogP contribution in [0.15, 0.2) is 46.3 Å². The van der Waals surface area contributed by atoms with Gasteiger partial charge in [0.05, 0.1) is 35.8 Å². The maximum atomic E-state index is 12.9. The summed E-state index contributed by atoms with van der Waals surface area (Å²) in [6.07, 6.45) is 0. The van der Waals surface area contributed by atoms with Gasteiger partial charge in [0.25, 0.3) is 5.56 Å². The van der Waals surface area contributed by atoms with Gasteiger partial charge in [0.1, 0.15) is 0 Å². The number of aromatic nitrogens is 2. The highest BCUT2D eigenvalue weighted by Crippen LogP contribution is 2.21. The molecule has 1 unspecified atom stereocenters. The Morgan fingerprint density at radius 1 is 1.23 bits per heavy atom. The Morgan fingerprint density at radius 2 is 2.00 bits per heavy atom. The van der Waals surface area contributed by atoms with Gasteiger partial charge in [-0.15, -0.1) is 0 Å². The van der Waals surface area contributed by atoms with E-state index in [0.717, 1.165) is 5.56 Å². The summed E-state index contributed by atoms with van der Waals surface area (Å²) >= 11 is 7.30. The molecule has 3 rings (SSSR count). The van der Waals surface area contributed by atoms with Gasteiger partial charge >= 0.3 is 0 Å². The minimum Gasteiger partial charge on any atom is -0.383 e. The van der Waals surface area contributed by atoms with Gasteiger partial charge in [0.2, 0.25) is 5.91 Å². The van der Waals surface area contributed by atoms with Crippen LogP contribution in [0.3, 0.4) is 0 Å². The number of rotatable bonds is 8. The number of ether oxygens (including phenoxy) is 1. The largest absolute Gasteiger partial charge is 0.383 e. The molecule has 0 aliphatic carbocycles. The van der Waals surface area contributed by atoms with Crippen molar-refractivity contribution in [3.05, 3.63) is 68.5 Å². The number of carbonyl (C=O) groups is 1. The molecular weight excluding hydrogens is 434 g/mol. The molecule has 0 saturated heterocycles. The molecule has 1 heterocycles. The fraction of sp³-hybridized carbons (Fsp3) is 0.348. The Hall–Kier alpha value is -2.35. The van der Waals surface area contributed by atoms with Crippen molar-refractivity contribution in [2.45, 2.75) is 38.5 Å². The number of amides is 1. The highest BCUT2D eigenvalue weighted by atomic mass is 35.5. The Balaban J connectivity index is 1.77. The number of fused-ring (bicyclic) bond motifs is 1. The first-order valence-electron chi connectivity index (χ1n) is 9.98. The molecule has 164 valence electrons. The van der Waals surface area contributed by atoms with E-state index in [1.54, 1.807) is 29.9 Å². The van der Waals surface area contributed by atoms with E-state index < -0.39 is 0 Å². The van der Waals surface area contributed by atoms with Crippen LogP contribution >= 0.6 is 23.4 Å². The van der Waals surface area contributed by atoms with Crippen molar-refractivity contribution in [1.29, 1.82) is 0 Å². The summed E-state index contributed by atoms with van der Waals surface area (Å²) in [7, 11) is 1.58. The van der Waals surface area contributed by atoms with Crippen LogP contribution in [0, 0.1) is 13.8 Å². The van der Waals surface area contributed by atoms with E-state index in [0.29, 0.717) is 34.2 Å². The predicted molar refractivity (Wildman–Crippen MR) is 126 cm³/mol. The van der Waals surface area contributed by atoms with Crippen molar-refractivity contribution >= 4 is 40.2 Å². The molecule has 0 radical (unpaired) electrons. The Kier molecular flexibility index (Phi) is 7.75.